The second-order valence-electron chi connectivity index (χ2n) is 7.16. The van der Waals surface area contributed by atoms with Crippen molar-refractivity contribution in [2.24, 2.45) is 17.8 Å². The summed E-state index contributed by atoms with van der Waals surface area (Å²) in [4.78, 5) is 0. The summed E-state index contributed by atoms with van der Waals surface area (Å²) in [7, 11) is 0. The minimum atomic E-state index is 0.0962. The van der Waals surface area contributed by atoms with Crippen molar-refractivity contribution in [1.29, 1.82) is 0 Å². The molecule has 0 amide bonds. The zero-order valence-electron chi connectivity index (χ0n) is 12.7. The van der Waals surface area contributed by atoms with Gasteiger partial charge in [-0.1, -0.05) is 27.7 Å². The average molecular weight is 254 g/mol. The van der Waals surface area contributed by atoms with Crippen molar-refractivity contribution in [3.63, 3.8) is 0 Å². The first-order valence-electron chi connectivity index (χ1n) is 7.74. The maximum absolute atomic E-state index is 6.45. The highest BCUT2D eigenvalue weighted by atomic mass is 16.6. The Labute approximate surface area is 112 Å². The summed E-state index contributed by atoms with van der Waals surface area (Å²) in [5, 5.41) is 0. The van der Waals surface area contributed by atoms with Gasteiger partial charge < -0.3 is 9.47 Å². The Bertz CT molecular complexity index is 270. The molecule has 4 unspecified atom stereocenters. The van der Waals surface area contributed by atoms with Crippen molar-refractivity contribution in [3.8, 4) is 0 Å². The van der Waals surface area contributed by atoms with Crippen LogP contribution in [0.5, 0.6) is 0 Å². The van der Waals surface area contributed by atoms with E-state index < -0.39 is 0 Å². The SMILES string of the molecule is CC(C)CC1C2OCCCC1(CC(C)C)OC2C. The van der Waals surface area contributed by atoms with E-state index in [4.69, 9.17) is 9.47 Å². The summed E-state index contributed by atoms with van der Waals surface area (Å²) in [6, 6.07) is 0. The zero-order valence-corrected chi connectivity index (χ0v) is 12.7. The first kappa shape index (κ1) is 14.3. The Hall–Kier alpha value is -0.0800. The van der Waals surface area contributed by atoms with Crippen LogP contribution in [0.15, 0.2) is 0 Å². The van der Waals surface area contributed by atoms with Crippen LogP contribution in [0.2, 0.25) is 0 Å². The van der Waals surface area contributed by atoms with E-state index in [1.54, 1.807) is 0 Å². The lowest BCUT2D eigenvalue weighted by atomic mass is 9.74. The van der Waals surface area contributed by atoms with Crippen molar-refractivity contribution in [2.75, 3.05) is 6.61 Å². The molecule has 0 spiro atoms. The van der Waals surface area contributed by atoms with Crippen LogP contribution in [0.4, 0.5) is 0 Å². The smallest absolute Gasteiger partial charge is 0.0889 e. The van der Waals surface area contributed by atoms with Gasteiger partial charge in [-0.15, -0.1) is 0 Å². The van der Waals surface area contributed by atoms with Gasteiger partial charge in [0.25, 0.3) is 0 Å². The molecule has 0 aliphatic carbocycles. The van der Waals surface area contributed by atoms with E-state index in [2.05, 4.69) is 34.6 Å². The second kappa shape index (κ2) is 5.50. The molecule has 2 heterocycles. The Morgan fingerprint density at radius 2 is 1.89 bits per heavy atom. The molecule has 2 fully saturated rings. The Balaban J connectivity index is 2.24. The van der Waals surface area contributed by atoms with Gasteiger partial charge in [-0.3, -0.25) is 0 Å². The molecule has 2 rings (SSSR count). The summed E-state index contributed by atoms with van der Waals surface area (Å²) in [5.74, 6) is 2.01. The predicted molar refractivity (Wildman–Crippen MR) is 74.7 cm³/mol. The van der Waals surface area contributed by atoms with E-state index in [1.165, 1.54) is 19.3 Å². The molecular formula is C16H30O2. The van der Waals surface area contributed by atoms with Crippen LogP contribution in [-0.2, 0) is 9.47 Å². The van der Waals surface area contributed by atoms with Gasteiger partial charge in [0.05, 0.1) is 17.8 Å². The monoisotopic (exact) mass is 254 g/mol. The maximum Gasteiger partial charge on any atom is 0.0889 e. The molecule has 18 heavy (non-hydrogen) atoms. The molecule has 2 aliphatic heterocycles. The van der Waals surface area contributed by atoms with E-state index in [9.17, 15) is 0 Å². The molecular weight excluding hydrogens is 224 g/mol. The van der Waals surface area contributed by atoms with E-state index in [0.29, 0.717) is 17.9 Å². The van der Waals surface area contributed by atoms with Gasteiger partial charge in [0.15, 0.2) is 0 Å². The fraction of sp³-hybridized carbons (Fsp3) is 1.00. The largest absolute Gasteiger partial charge is 0.375 e. The van der Waals surface area contributed by atoms with Crippen LogP contribution in [0.25, 0.3) is 0 Å². The van der Waals surface area contributed by atoms with Crippen LogP contribution >= 0.6 is 0 Å². The number of hydrogen-bond acceptors (Lipinski definition) is 2. The van der Waals surface area contributed by atoms with Gasteiger partial charge in [-0.25, -0.2) is 0 Å². The predicted octanol–water partition coefficient (Wildman–Crippen LogP) is 4.03. The third-order valence-electron chi connectivity index (χ3n) is 4.49. The molecule has 0 N–H and O–H groups in total. The van der Waals surface area contributed by atoms with E-state index in [0.717, 1.165) is 18.9 Å². The zero-order chi connectivity index (χ0) is 13.3. The van der Waals surface area contributed by atoms with Crippen LogP contribution in [-0.4, -0.2) is 24.4 Å². The molecule has 4 atom stereocenters. The fourth-order valence-electron chi connectivity index (χ4n) is 4.09. The molecule has 2 aliphatic rings. The van der Waals surface area contributed by atoms with Crippen molar-refractivity contribution in [3.05, 3.63) is 0 Å². The van der Waals surface area contributed by atoms with Crippen molar-refractivity contribution in [2.45, 2.75) is 78.1 Å². The number of fused-ring (bicyclic) bond motifs is 2. The van der Waals surface area contributed by atoms with Gasteiger partial charge in [-0.05, 0) is 44.4 Å². The maximum atomic E-state index is 6.45. The van der Waals surface area contributed by atoms with Crippen LogP contribution in [0, 0.1) is 17.8 Å². The highest BCUT2D eigenvalue weighted by Crippen LogP contribution is 2.49. The normalized spacial score (nSPS) is 40.5. The van der Waals surface area contributed by atoms with Crippen LogP contribution < -0.4 is 0 Å². The van der Waals surface area contributed by atoms with Gasteiger partial charge in [0.2, 0.25) is 0 Å². The van der Waals surface area contributed by atoms with E-state index in [-0.39, 0.29) is 11.7 Å². The number of rotatable bonds is 4. The topological polar surface area (TPSA) is 18.5 Å². The second-order valence-corrected chi connectivity index (χ2v) is 7.16. The molecule has 0 aromatic rings. The van der Waals surface area contributed by atoms with Gasteiger partial charge in [0.1, 0.15) is 0 Å². The van der Waals surface area contributed by atoms with Gasteiger partial charge >= 0.3 is 0 Å². The summed E-state index contributed by atoms with van der Waals surface area (Å²) in [6.07, 6.45) is 5.37. The average Bonchev–Trinajstić information content (AvgIpc) is 2.38. The summed E-state index contributed by atoms with van der Waals surface area (Å²) < 4.78 is 12.6. The quantitative estimate of drug-likeness (QED) is 0.754. The molecule has 2 bridgehead atoms. The Kier molecular flexibility index (Phi) is 4.38. The third-order valence-corrected chi connectivity index (χ3v) is 4.49. The Morgan fingerprint density at radius 1 is 1.17 bits per heavy atom. The van der Waals surface area contributed by atoms with Crippen molar-refractivity contribution in [1.82, 2.24) is 0 Å². The molecule has 0 aromatic carbocycles. The standard InChI is InChI=1S/C16H30O2/c1-11(2)9-14-15-13(5)18-16(14,10-12(3)4)7-6-8-17-15/h11-15H,6-10H2,1-5H3. The van der Waals surface area contributed by atoms with Crippen LogP contribution in [0.3, 0.4) is 0 Å². The first-order valence-corrected chi connectivity index (χ1v) is 7.74. The summed E-state index contributed by atoms with van der Waals surface area (Å²) in [6.45, 7) is 12.4. The molecule has 0 saturated carbocycles. The number of hydrogen-bond donors (Lipinski definition) is 0. The molecule has 0 radical (unpaired) electrons. The van der Waals surface area contributed by atoms with Gasteiger partial charge in [-0.2, -0.15) is 0 Å². The molecule has 2 heteroatoms. The third kappa shape index (κ3) is 2.75. The lowest BCUT2D eigenvalue weighted by Crippen LogP contribution is -2.39. The fourth-order valence-corrected chi connectivity index (χ4v) is 4.09. The Morgan fingerprint density at radius 3 is 2.50 bits per heavy atom. The lowest BCUT2D eigenvalue weighted by Gasteiger charge is -2.36. The summed E-state index contributed by atoms with van der Waals surface area (Å²) >= 11 is 0. The minimum absolute atomic E-state index is 0.0962. The van der Waals surface area contributed by atoms with E-state index >= 15 is 0 Å². The van der Waals surface area contributed by atoms with E-state index in [1.807, 2.05) is 0 Å². The molecule has 2 nitrogen and oxygen atoms in total. The molecule has 2 saturated heterocycles. The highest BCUT2D eigenvalue weighted by molar-refractivity contribution is 5.03. The number of ether oxygens (including phenoxy) is 2. The molecule has 0 aromatic heterocycles. The summed E-state index contributed by atoms with van der Waals surface area (Å²) in [5.41, 5.74) is 0.0962. The van der Waals surface area contributed by atoms with Crippen molar-refractivity contribution < 1.29 is 9.47 Å². The highest BCUT2D eigenvalue weighted by Gasteiger charge is 2.54. The lowest BCUT2D eigenvalue weighted by molar-refractivity contribution is -0.0890. The van der Waals surface area contributed by atoms with Crippen molar-refractivity contribution >= 4 is 0 Å². The van der Waals surface area contributed by atoms with Crippen LogP contribution in [0.1, 0.15) is 60.3 Å². The molecule has 106 valence electrons. The van der Waals surface area contributed by atoms with Gasteiger partial charge in [0, 0.05) is 12.5 Å². The first-order chi connectivity index (χ1) is 8.44. The minimum Gasteiger partial charge on any atom is -0.375 e.